The van der Waals surface area contributed by atoms with Crippen LogP contribution in [0.5, 0.6) is 0 Å². The predicted molar refractivity (Wildman–Crippen MR) is 66.4 cm³/mol. The number of thioether (sulfide) groups is 1. The average molecular weight is 318 g/mol. The van der Waals surface area contributed by atoms with Gasteiger partial charge in [-0.25, -0.2) is 4.39 Å². The third kappa shape index (κ3) is 3.72. The fourth-order valence-electron chi connectivity index (χ4n) is 1.21. The highest BCUT2D eigenvalue weighted by molar-refractivity contribution is 9.10. The molecule has 0 aliphatic carbocycles. The molecule has 0 bridgehead atoms. The summed E-state index contributed by atoms with van der Waals surface area (Å²) in [6, 6.07) is 4.85. The van der Waals surface area contributed by atoms with E-state index in [0.29, 0.717) is 4.90 Å². The van der Waals surface area contributed by atoms with E-state index < -0.39 is 11.8 Å². The van der Waals surface area contributed by atoms with Crippen LogP contribution in [0.15, 0.2) is 21.5 Å². The molecule has 0 radical (unpaired) electrons. The molecule has 0 fully saturated rings. The van der Waals surface area contributed by atoms with Gasteiger partial charge in [0.05, 0.1) is 16.5 Å². The van der Waals surface area contributed by atoms with Gasteiger partial charge in [0.1, 0.15) is 6.07 Å². The van der Waals surface area contributed by atoms with Gasteiger partial charge in [-0.3, -0.25) is 4.79 Å². The first-order valence-electron chi connectivity index (χ1n) is 4.72. The van der Waals surface area contributed by atoms with Crippen LogP contribution < -0.4 is 0 Å². The summed E-state index contributed by atoms with van der Waals surface area (Å²) in [7, 11) is 0. The Hall–Kier alpha value is -1.06. The maximum absolute atomic E-state index is 13.8. The van der Waals surface area contributed by atoms with Crippen molar-refractivity contribution in [2.75, 3.05) is 0 Å². The quantitative estimate of drug-likeness (QED) is 0.864. The van der Waals surface area contributed by atoms with Crippen LogP contribution in [0.2, 0.25) is 0 Å². The van der Waals surface area contributed by atoms with Crippen molar-refractivity contribution in [1.82, 2.24) is 0 Å². The van der Waals surface area contributed by atoms with Gasteiger partial charge in [0.25, 0.3) is 0 Å². The van der Waals surface area contributed by atoms with Gasteiger partial charge in [0.2, 0.25) is 0 Å². The summed E-state index contributed by atoms with van der Waals surface area (Å²) < 4.78 is 13.9. The summed E-state index contributed by atoms with van der Waals surface area (Å²) in [6.45, 7) is 1.71. The Morgan fingerprint density at radius 1 is 1.71 bits per heavy atom. The van der Waals surface area contributed by atoms with Crippen molar-refractivity contribution >= 4 is 33.7 Å². The third-order valence-corrected chi connectivity index (χ3v) is 3.87. The molecule has 0 aromatic heterocycles. The summed E-state index contributed by atoms with van der Waals surface area (Å²) in [6.07, 6.45) is -0.0400. The van der Waals surface area contributed by atoms with Crippen molar-refractivity contribution < 1.29 is 14.3 Å². The molecule has 1 N–H and O–H groups in total. The molecule has 3 nitrogen and oxygen atoms in total. The molecule has 0 aliphatic heterocycles. The Morgan fingerprint density at radius 3 is 2.88 bits per heavy atom. The number of carboxylic acid groups (broad SMARTS) is 1. The van der Waals surface area contributed by atoms with Gasteiger partial charge in [-0.15, -0.1) is 11.8 Å². The van der Waals surface area contributed by atoms with Crippen LogP contribution in [0.3, 0.4) is 0 Å². The van der Waals surface area contributed by atoms with E-state index in [1.807, 2.05) is 6.07 Å². The zero-order chi connectivity index (χ0) is 13.0. The molecule has 0 heterocycles. The van der Waals surface area contributed by atoms with Crippen LogP contribution in [0.4, 0.5) is 4.39 Å². The van der Waals surface area contributed by atoms with Crippen molar-refractivity contribution in [1.29, 1.82) is 5.26 Å². The smallest absolute Gasteiger partial charge is 0.304 e. The van der Waals surface area contributed by atoms with E-state index in [-0.39, 0.29) is 21.7 Å². The highest BCUT2D eigenvalue weighted by atomic mass is 79.9. The molecule has 90 valence electrons. The Kier molecular flexibility index (Phi) is 4.97. The van der Waals surface area contributed by atoms with Gasteiger partial charge >= 0.3 is 5.97 Å². The molecule has 1 aromatic carbocycles. The predicted octanol–water partition coefficient (Wildman–Crippen LogP) is 3.42. The average Bonchev–Trinajstić information content (AvgIpc) is 2.24. The lowest BCUT2D eigenvalue weighted by atomic mass is 10.2. The van der Waals surface area contributed by atoms with Gasteiger partial charge in [-0.2, -0.15) is 5.26 Å². The van der Waals surface area contributed by atoms with Crippen LogP contribution in [-0.4, -0.2) is 16.3 Å². The maximum Gasteiger partial charge on any atom is 0.304 e. The second kappa shape index (κ2) is 6.03. The van der Waals surface area contributed by atoms with E-state index >= 15 is 0 Å². The normalized spacial score (nSPS) is 11.9. The van der Waals surface area contributed by atoms with Gasteiger partial charge < -0.3 is 5.11 Å². The minimum atomic E-state index is -0.918. The lowest BCUT2D eigenvalue weighted by Gasteiger charge is -2.10. The first-order valence-corrected chi connectivity index (χ1v) is 6.39. The molecule has 0 saturated carbocycles. The molecular formula is C11H9BrFNO2S. The molecule has 0 spiro atoms. The number of benzene rings is 1. The Balaban J connectivity index is 2.90. The lowest BCUT2D eigenvalue weighted by Crippen LogP contribution is -2.06. The SMILES string of the molecule is CC(CC(=O)O)Sc1ccc(C#N)c(Br)c1F. The van der Waals surface area contributed by atoms with E-state index in [1.165, 1.54) is 12.1 Å². The largest absolute Gasteiger partial charge is 0.481 e. The second-order valence-electron chi connectivity index (χ2n) is 3.38. The van der Waals surface area contributed by atoms with E-state index in [1.54, 1.807) is 6.92 Å². The standard InChI is InChI=1S/C11H9BrFNO2S/c1-6(4-9(15)16)17-8-3-2-7(5-14)10(12)11(8)13/h2-3,6H,4H2,1H3,(H,15,16). The summed E-state index contributed by atoms with van der Waals surface area (Å²) >= 11 is 4.14. The zero-order valence-electron chi connectivity index (χ0n) is 8.91. The second-order valence-corrected chi connectivity index (χ2v) is 5.65. The number of carboxylic acids is 1. The number of carbonyl (C=O) groups is 1. The molecule has 6 heteroatoms. The number of nitriles is 1. The van der Waals surface area contributed by atoms with Crippen molar-refractivity contribution in [3.05, 3.63) is 28.0 Å². The summed E-state index contributed by atoms with van der Waals surface area (Å²) in [4.78, 5) is 10.8. The number of hydrogen-bond donors (Lipinski definition) is 1. The molecule has 1 rings (SSSR count). The van der Waals surface area contributed by atoms with Crippen LogP contribution in [0, 0.1) is 17.1 Å². The number of rotatable bonds is 4. The van der Waals surface area contributed by atoms with Crippen molar-refractivity contribution in [2.45, 2.75) is 23.5 Å². The summed E-state index contributed by atoms with van der Waals surface area (Å²) in [5, 5.41) is 17.1. The fraction of sp³-hybridized carbons (Fsp3) is 0.273. The molecule has 17 heavy (non-hydrogen) atoms. The number of nitrogens with zero attached hydrogens (tertiary/aromatic N) is 1. The van der Waals surface area contributed by atoms with Crippen molar-refractivity contribution in [3.63, 3.8) is 0 Å². The molecule has 0 saturated heterocycles. The minimum Gasteiger partial charge on any atom is -0.481 e. The lowest BCUT2D eigenvalue weighted by molar-refractivity contribution is -0.136. The van der Waals surface area contributed by atoms with E-state index in [0.717, 1.165) is 11.8 Å². The first-order chi connectivity index (χ1) is 7.95. The van der Waals surface area contributed by atoms with Gasteiger partial charge in [-0.1, -0.05) is 6.92 Å². The molecule has 1 unspecified atom stereocenters. The zero-order valence-corrected chi connectivity index (χ0v) is 11.3. The van der Waals surface area contributed by atoms with Crippen LogP contribution >= 0.6 is 27.7 Å². The topological polar surface area (TPSA) is 61.1 Å². The number of hydrogen-bond acceptors (Lipinski definition) is 3. The first kappa shape index (κ1) is 14.0. The molecule has 1 aromatic rings. The van der Waals surface area contributed by atoms with E-state index in [4.69, 9.17) is 10.4 Å². The summed E-state index contributed by atoms with van der Waals surface area (Å²) in [5.74, 6) is -1.44. The highest BCUT2D eigenvalue weighted by Gasteiger charge is 2.15. The number of aliphatic carboxylic acids is 1. The van der Waals surface area contributed by atoms with E-state index in [9.17, 15) is 9.18 Å². The summed E-state index contributed by atoms with van der Waals surface area (Å²) in [5.41, 5.74) is 0.220. The molecule has 0 aliphatic rings. The van der Waals surface area contributed by atoms with Gasteiger partial charge in [0, 0.05) is 10.1 Å². The van der Waals surface area contributed by atoms with Crippen LogP contribution in [0.25, 0.3) is 0 Å². The van der Waals surface area contributed by atoms with Crippen molar-refractivity contribution in [3.8, 4) is 6.07 Å². The fourth-order valence-corrected chi connectivity index (χ4v) is 2.79. The Labute approximate surface area is 111 Å². The molecule has 1 atom stereocenters. The maximum atomic E-state index is 13.8. The van der Waals surface area contributed by atoms with Gasteiger partial charge in [0.15, 0.2) is 5.82 Å². The highest BCUT2D eigenvalue weighted by Crippen LogP contribution is 2.32. The third-order valence-electron chi connectivity index (χ3n) is 1.96. The minimum absolute atomic E-state index is 0.0400. The van der Waals surface area contributed by atoms with Gasteiger partial charge in [-0.05, 0) is 28.1 Å². The van der Waals surface area contributed by atoms with Crippen molar-refractivity contribution in [2.24, 2.45) is 0 Å². The number of halogens is 2. The monoisotopic (exact) mass is 317 g/mol. The van der Waals surface area contributed by atoms with Crippen LogP contribution in [0.1, 0.15) is 18.9 Å². The van der Waals surface area contributed by atoms with E-state index in [2.05, 4.69) is 15.9 Å². The Bertz CT molecular complexity index is 487. The molecular weight excluding hydrogens is 309 g/mol. The Morgan fingerprint density at radius 2 is 2.35 bits per heavy atom. The molecule has 0 amide bonds. The van der Waals surface area contributed by atoms with Crippen LogP contribution in [-0.2, 0) is 4.79 Å².